The van der Waals surface area contributed by atoms with Crippen molar-refractivity contribution in [2.24, 2.45) is 0 Å². The smallest absolute Gasteiger partial charge is 0.254 e. The number of carbonyl (C=O) groups is 1. The highest BCUT2D eigenvalue weighted by molar-refractivity contribution is 9.10. The first-order valence-electron chi connectivity index (χ1n) is 6.60. The normalized spacial score (nSPS) is 19.2. The number of benzene rings is 1. The number of likely N-dealkylation sites (N-methyl/N-ethyl adjacent to an activating group) is 1. The summed E-state index contributed by atoms with van der Waals surface area (Å²) in [5, 5.41) is 3.30. The van der Waals surface area contributed by atoms with Crippen molar-refractivity contribution in [3.8, 4) is 0 Å². The van der Waals surface area contributed by atoms with E-state index in [9.17, 15) is 9.18 Å². The Morgan fingerprint density at radius 1 is 1.58 bits per heavy atom. The molecule has 1 atom stereocenters. The second-order valence-corrected chi connectivity index (χ2v) is 5.57. The fourth-order valence-electron chi connectivity index (χ4n) is 2.46. The topological polar surface area (TPSA) is 32.3 Å². The van der Waals surface area contributed by atoms with Gasteiger partial charge in [-0.15, -0.1) is 0 Å². The zero-order chi connectivity index (χ0) is 13.8. The van der Waals surface area contributed by atoms with Crippen LogP contribution in [0.15, 0.2) is 22.7 Å². The number of hydrogen-bond acceptors (Lipinski definition) is 2. The average molecular weight is 329 g/mol. The van der Waals surface area contributed by atoms with Crippen molar-refractivity contribution >= 4 is 21.8 Å². The Morgan fingerprint density at radius 3 is 2.95 bits per heavy atom. The number of nitrogens with one attached hydrogen (secondary N) is 1. The Bertz CT molecular complexity index is 461. The van der Waals surface area contributed by atoms with Crippen molar-refractivity contribution < 1.29 is 9.18 Å². The second-order valence-electron chi connectivity index (χ2n) is 4.72. The summed E-state index contributed by atoms with van der Waals surface area (Å²) >= 11 is 3.10. The van der Waals surface area contributed by atoms with E-state index in [0.29, 0.717) is 16.6 Å². The van der Waals surface area contributed by atoms with Gasteiger partial charge in [0.25, 0.3) is 5.91 Å². The molecule has 104 valence electrons. The van der Waals surface area contributed by atoms with Crippen LogP contribution in [0.3, 0.4) is 0 Å². The number of nitrogens with zero attached hydrogens (tertiary/aromatic N) is 1. The van der Waals surface area contributed by atoms with E-state index in [4.69, 9.17) is 0 Å². The van der Waals surface area contributed by atoms with Crippen molar-refractivity contribution in [2.45, 2.75) is 25.8 Å². The summed E-state index contributed by atoms with van der Waals surface area (Å²) < 4.78 is 13.9. The molecule has 1 unspecified atom stereocenters. The zero-order valence-electron chi connectivity index (χ0n) is 11.0. The van der Waals surface area contributed by atoms with E-state index in [-0.39, 0.29) is 11.9 Å². The number of amides is 1. The van der Waals surface area contributed by atoms with E-state index in [2.05, 4.69) is 21.2 Å². The standard InChI is InChI=1S/C14H18BrFN2O/c1-2-18(11-4-3-7-17-9-11)14(19)10-5-6-12(15)13(16)8-10/h5-6,8,11,17H,2-4,7,9H2,1H3. The van der Waals surface area contributed by atoms with Gasteiger partial charge >= 0.3 is 0 Å². The van der Waals surface area contributed by atoms with Gasteiger partial charge in [-0.05, 0) is 60.4 Å². The van der Waals surface area contributed by atoms with Crippen molar-refractivity contribution in [2.75, 3.05) is 19.6 Å². The number of halogens is 2. The highest BCUT2D eigenvalue weighted by Crippen LogP contribution is 2.19. The van der Waals surface area contributed by atoms with Crippen molar-refractivity contribution in [3.05, 3.63) is 34.1 Å². The van der Waals surface area contributed by atoms with Crippen LogP contribution in [-0.4, -0.2) is 36.5 Å². The molecule has 1 saturated heterocycles. The first-order chi connectivity index (χ1) is 9.13. The summed E-state index contributed by atoms with van der Waals surface area (Å²) in [6.07, 6.45) is 2.08. The third-order valence-corrected chi connectivity index (χ3v) is 4.12. The van der Waals surface area contributed by atoms with Gasteiger partial charge in [0.1, 0.15) is 5.82 Å². The molecule has 2 rings (SSSR count). The molecule has 0 spiro atoms. The third kappa shape index (κ3) is 3.34. The SMILES string of the molecule is CCN(C(=O)c1ccc(Br)c(F)c1)C1CCCNC1. The van der Waals surface area contributed by atoms with Crippen molar-refractivity contribution in [3.63, 3.8) is 0 Å². The van der Waals surface area contributed by atoms with Crippen LogP contribution >= 0.6 is 15.9 Å². The van der Waals surface area contributed by atoms with Gasteiger partial charge in [0.2, 0.25) is 0 Å². The first kappa shape index (κ1) is 14.5. The predicted octanol–water partition coefficient (Wildman–Crippen LogP) is 2.80. The molecular weight excluding hydrogens is 311 g/mol. The van der Waals surface area contributed by atoms with Gasteiger partial charge in [-0.2, -0.15) is 0 Å². The molecule has 0 aliphatic carbocycles. The summed E-state index contributed by atoms with van der Waals surface area (Å²) in [6.45, 7) is 4.43. The summed E-state index contributed by atoms with van der Waals surface area (Å²) in [5.41, 5.74) is 0.410. The molecule has 3 nitrogen and oxygen atoms in total. The molecular formula is C14H18BrFN2O. The van der Waals surface area contributed by atoms with Crippen LogP contribution in [0.5, 0.6) is 0 Å². The largest absolute Gasteiger partial charge is 0.335 e. The molecule has 5 heteroatoms. The molecule has 1 aliphatic rings. The molecule has 0 saturated carbocycles. The van der Waals surface area contributed by atoms with Gasteiger partial charge in [0.15, 0.2) is 0 Å². The number of hydrogen-bond donors (Lipinski definition) is 1. The summed E-state index contributed by atoms with van der Waals surface area (Å²) in [4.78, 5) is 14.3. The maximum Gasteiger partial charge on any atom is 0.254 e. The van der Waals surface area contributed by atoms with E-state index in [1.165, 1.54) is 6.07 Å². The van der Waals surface area contributed by atoms with Crippen LogP contribution < -0.4 is 5.32 Å². The highest BCUT2D eigenvalue weighted by Gasteiger charge is 2.25. The molecule has 19 heavy (non-hydrogen) atoms. The minimum atomic E-state index is -0.399. The lowest BCUT2D eigenvalue weighted by Gasteiger charge is -2.34. The fraction of sp³-hybridized carbons (Fsp3) is 0.500. The Hall–Kier alpha value is -0.940. The first-order valence-corrected chi connectivity index (χ1v) is 7.39. The molecule has 0 radical (unpaired) electrons. The van der Waals surface area contributed by atoms with Gasteiger partial charge in [-0.25, -0.2) is 4.39 Å². The monoisotopic (exact) mass is 328 g/mol. The van der Waals surface area contributed by atoms with E-state index in [0.717, 1.165) is 25.9 Å². The van der Waals surface area contributed by atoms with Crippen molar-refractivity contribution in [1.29, 1.82) is 0 Å². The van der Waals surface area contributed by atoms with E-state index in [1.807, 2.05) is 11.8 Å². The van der Waals surface area contributed by atoms with Crippen LogP contribution in [0.1, 0.15) is 30.1 Å². The van der Waals surface area contributed by atoms with E-state index in [1.54, 1.807) is 12.1 Å². The van der Waals surface area contributed by atoms with Gasteiger partial charge in [-0.1, -0.05) is 0 Å². The van der Waals surface area contributed by atoms with Gasteiger partial charge in [-0.3, -0.25) is 4.79 Å². The summed E-state index contributed by atoms with van der Waals surface area (Å²) in [6, 6.07) is 4.74. The van der Waals surface area contributed by atoms with Crippen LogP contribution in [-0.2, 0) is 0 Å². The Labute approximate surface area is 121 Å². The molecule has 1 N–H and O–H groups in total. The molecule has 1 aromatic carbocycles. The van der Waals surface area contributed by atoms with Crippen molar-refractivity contribution in [1.82, 2.24) is 10.2 Å². The lowest BCUT2D eigenvalue weighted by Crippen LogP contribution is -2.48. The molecule has 0 aromatic heterocycles. The molecule has 1 amide bonds. The Kier molecular flexibility index (Phi) is 4.93. The highest BCUT2D eigenvalue weighted by atomic mass is 79.9. The van der Waals surface area contributed by atoms with Gasteiger partial charge < -0.3 is 10.2 Å². The average Bonchev–Trinajstić information content (AvgIpc) is 2.44. The fourth-order valence-corrected chi connectivity index (χ4v) is 2.71. The number of carbonyl (C=O) groups excluding carboxylic acids is 1. The molecule has 1 fully saturated rings. The molecule has 1 heterocycles. The second kappa shape index (κ2) is 6.48. The summed E-state index contributed by atoms with van der Waals surface area (Å²) in [7, 11) is 0. The molecule has 0 bridgehead atoms. The lowest BCUT2D eigenvalue weighted by molar-refractivity contribution is 0.0661. The summed E-state index contributed by atoms with van der Waals surface area (Å²) in [5.74, 6) is -0.494. The number of rotatable bonds is 3. The Balaban J connectivity index is 2.17. The molecule has 1 aromatic rings. The minimum Gasteiger partial charge on any atom is -0.335 e. The van der Waals surface area contributed by atoms with Crippen LogP contribution in [0, 0.1) is 5.82 Å². The van der Waals surface area contributed by atoms with Crippen LogP contribution in [0.4, 0.5) is 4.39 Å². The third-order valence-electron chi connectivity index (χ3n) is 3.48. The number of piperidine rings is 1. The van der Waals surface area contributed by atoms with E-state index < -0.39 is 5.82 Å². The predicted molar refractivity (Wildman–Crippen MR) is 76.7 cm³/mol. The van der Waals surface area contributed by atoms with Gasteiger partial charge in [0.05, 0.1) is 4.47 Å². The Morgan fingerprint density at radius 2 is 2.37 bits per heavy atom. The lowest BCUT2D eigenvalue weighted by atomic mass is 10.0. The van der Waals surface area contributed by atoms with Crippen LogP contribution in [0.25, 0.3) is 0 Å². The van der Waals surface area contributed by atoms with E-state index >= 15 is 0 Å². The maximum atomic E-state index is 13.5. The molecule has 1 aliphatic heterocycles. The quantitative estimate of drug-likeness (QED) is 0.925. The zero-order valence-corrected chi connectivity index (χ0v) is 12.5. The maximum absolute atomic E-state index is 13.5. The minimum absolute atomic E-state index is 0.0948. The van der Waals surface area contributed by atoms with Crippen LogP contribution in [0.2, 0.25) is 0 Å². The van der Waals surface area contributed by atoms with Gasteiger partial charge in [0, 0.05) is 24.7 Å².